The number of aliphatic carboxylic acids is 2. The van der Waals surface area contributed by atoms with Crippen LogP contribution in [-0.4, -0.2) is 109 Å². The number of nitrogens with one attached hydrogen (secondary N) is 1. The number of carboxylic acid groups (broad SMARTS) is 2. The number of carbonyl (C=O) groups is 3. The van der Waals surface area contributed by atoms with E-state index in [1.165, 1.54) is 6.07 Å². The van der Waals surface area contributed by atoms with Gasteiger partial charge in [-0.1, -0.05) is 0 Å². The second-order valence-electron chi connectivity index (χ2n) is 9.26. The lowest BCUT2D eigenvalue weighted by molar-refractivity contribution is -0.423. The summed E-state index contributed by atoms with van der Waals surface area (Å²) in [4.78, 5) is 33.4. The Labute approximate surface area is 221 Å². The summed E-state index contributed by atoms with van der Waals surface area (Å²) in [5, 5.41) is 62.0. The molecule has 6 atom stereocenters. The van der Waals surface area contributed by atoms with Crippen molar-refractivity contribution in [2.45, 2.75) is 56.0 Å². The summed E-state index contributed by atoms with van der Waals surface area (Å²) >= 11 is 0. The monoisotopic (exact) mass is 549 g/mol. The third-order valence-corrected chi connectivity index (χ3v) is 6.51. The molecule has 14 nitrogen and oxygen atoms in total. The van der Waals surface area contributed by atoms with E-state index in [0.717, 1.165) is 11.1 Å². The van der Waals surface area contributed by atoms with E-state index in [9.17, 15) is 39.9 Å². The van der Waals surface area contributed by atoms with Gasteiger partial charge in [0.05, 0.1) is 6.07 Å². The van der Waals surface area contributed by atoms with Gasteiger partial charge in [0, 0.05) is 24.5 Å². The van der Waals surface area contributed by atoms with Crippen molar-refractivity contribution in [3.63, 3.8) is 0 Å². The van der Waals surface area contributed by atoms with Crippen molar-refractivity contribution in [1.82, 2.24) is 5.32 Å². The minimum atomic E-state index is -1.74. The van der Waals surface area contributed by atoms with Crippen molar-refractivity contribution in [1.29, 1.82) is 0 Å². The standard InChI is InChI=1S/C25H28N2O12/c28-16-9-15-13(3-6-27(15)5-2-12-1-4-26-14(7-12)24(35)36)8-17(16)38-25-23(34)22(33)21(32)18(39-25)11-37-20(31)10-19(29)30/h1-2,4-5,8-9,14,18,21-23,25,32-34H,3,6-7,10-11H2,(H3,28,29,30,35,36)/p+1/t14-,18-,21-,22+,23-,25-/m1/s1. The van der Waals surface area contributed by atoms with E-state index >= 15 is 0 Å². The zero-order valence-electron chi connectivity index (χ0n) is 20.5. The number of carboxylic acids is 2. The molecule has 3 heterocycles. The molecule has 14 heteroatoms. The van der Waals surface area contributed by atoms with Crippen LogP contribution in [0.3, 0.4) is 0 Å². The fourth-order valence-electron chi connectivity index (χ4n) is 4.41. The van der Waals surface area contributed by atoms with Crippen molar-refractivity contribution >= 4 is 29.8 Å². The molecule has 1 aromatic rings. The van der Waals surface area contributed by atoms with Gasteiger partial charge in [-0.3, -0.25) is 9.59 Å². The average Bonchev–Trinajstić information content (AvgIpc) is 3.28. The summed E-state index contributed by atoms with van der Waals surface area (Å²) < 4.78 is 17.8. The van der Waals surface area contributed by atoms with E-state index in [-0.39, 0.29) is 11.5 Å². The van der Waals surface area contributed by atoms with E-state index in [1.54, 1.807) is 30.6 Å². The molecule has 0 spiro atoms. The van der Waals surface area contributed by atoms with Gasteiger partial charge in [-0.25, -0.2) is 4.79 Å². The largest absolute Gasteiger partial charge is 0.504 e. The van der Waals surface area contributed by atoms with Crippen LogP contribution in [0, 0.1) is 0 Å². The van der Waals surface area contributed by atoms with Gasteiger partial charge < -0.3 is 50.2 Å². The number of nitrogens with zero attached hydrogens (tertiary/aromatic N) is 1. The van der Waals surface area contributed by atoms with E-state index in [4.69, 9.17) is 19.3 Å². The molecule has 7 N–H and O–H groups in total. The molecule has 0 bridgehead atoms. The SMILES string of the molecule is O=C(O)CC(=O)OC[C@H]1O[C@@H](Oc2cc3c(cc2O)[N+](=CC=C2C=CN[C@@H](C(=O)O)C2)CC3)[C@H](O)[C@@H](O)[C@@H]1O. The summed E-state index contributed by atoms with van der Waals surface area (Å²) in [6, 6.07) is 2.29. The maximum absolute atomic E-state index is 11.5. The number of carbonyl (C=O) groups excluding carboxylic acids is 1. The van der Waals surface area contributed by atoms with Crippen LogP contribution in [0.2, 0.25) is 0 Å². The number of hydrogen-bond donors (Lipinski definition) is 7. The molecular weight excluding hydrogens is 520 g/mol. The van der Waals surface area contributed by atoms with E-state index < -0.39 is 67.7 Å². The average molecular weight is 550 g/mol. The van der Waals surface area contributed by atoms with Gasteiger partial charge in [0.2, 0.25) is 12.0 Å². The Morgan fingerprint density at radius 1 is 1.13 bits per heavy atom. The minimum absolute atomic E-state index is 0.0613. The minimum Gasteiger partial charge on any atom is -0.504 e. The lowest BCUT2D eigenvalue weighted by atomic mass is 9.99. The number of benzene rings is 1. The molecule has 1 fully saturated rings. The molecule has 0 aliphatic carbocycles. The molecule has 3 aliphatic rings. The van der Waals surface area contributed by atoms with Crippen molar-refractivity contribution < 1.29 is 63.8 Å². The molecule has 210 valence electrons. The van der Waals surface area contributed by atoms with E-state index in [1.807, 2.05) is 4.58 Å². The Morgan fingerprint density at radius 3 is 2.62 bits per heavy atom. The predicted molar refractivity (Wildman–Crippen MR) is 130 cm³/mol. The molecule has 4 rings (SSSR count). The van der Waals surface area contributed by atoms with Crippen LogP contribution in [0.4, 0.5) is 5.69 Å². The molecule has 0 saturated carbocycles. The zero-order valence-corrected chi connectivity index (χ0v) is 20.5. The van der Waals surface area contributed by atoms with Gasteiger partial charge in [-0.15, -0.1) is 0 Å². The molecular formula is C25H29N2O12+. The number of allylic oxidation sites excluding steroid dienone is 2. The van der Waals surface area contributed by atoms with Crippen molar-refractivity contribution in [2.75, 3.05) is 13.2 Å². The Bertz CT molecular complexity index is 1230. The van der Waals surface area contributed by atoms with Crippen molar-refractivity contribution in [3.8, 4) is 11.5 Å². The normalized spacial score (nSPS) is 30.0. The Morgan fingerprint density at radius 2 is 1.90 bits per heavy atom. The molecule has 39 heavy (non-hydrogen) atoms. The van der Waals surface area contributed by atoms with Gasteiger partial charge in [0.15, 0.2) is 24.3 Å². The highest BCUT2D eigenvalue weighted by molar-refractivity contribution is 5.90. The topological polar surface area (TPSA) is 215 Å². The number of phenolic OH excluding ortho intramolecular Hbond substituents is 1. The number of fused-ring (bicyclic) bond motifs is 1. The highest BCUT2D eigenvalue weighted by Gasteiger charge is 2.46. The highest BCUT2D eigenvalue weighted by Crippen LogP contribution is 2.38. The van der Waals surface area contributed by atoms with Crippen molar-refractivity contribution in [3.05, 3.63) is 41.6 Å². The maximum atomic E-state index is 11.5. The molecule has 0 aromatic heterocycles. The second kappa shape index (κ2) is 11.8. The molecule has 1 aromatic carbocycles. The van der Waals surface area contributed by atoms with Gasteiger partial charge in [0.25, 0.3) is 0 Å². The van der Waals surface area contributed by atoms with Crippen LogP contribution in [0.1, 0.15) is 18.4 Å². The van der Waals surface area contributed by atoms with Crippen molar-refractivity contribution in [2.24, 2.45) is 0 Å². The predicted octanol–water partition coefficient (Wildman–Crippen LogP) is -1.25. The smallest absolute Gasteiger partial charge is 0.326 e. The molecule has 3 aliphatic heterocycles. The maximum Gasteiger partial charge on any atom is 0.326 e. The van der Waals surface area contributed by atoms with Crippen LogP contribution in [-0.2, 0) is 30.3 Å². The number of esters is 1. The first-order chi connectivity index (χ1) is 18.5. The molecule has 0 amide bonds. The Balaban J connectivity index is 1.46. The number of aliphatic hydroxyl groups excluding tert-OH is 3. The van der Waals surface area contributed by atoms with Crippen LogP contribution in [0.5, 0.6) is 11.5 Å². The summed E-state index contributed by atoms with van der Waals surface area (Å²) in [6.45, 7) is -0.0323. The van der Waals surface area contributed by atoms with Gasteiger partial charge in [-0.05, 0) is 23.9 Å². The van der Waals surface area contributed by atoms with Crippen LogP contribution in [0.15, 0.2) is 36.1 Å². The van der Waals surface area contributed by atoms with Gasteiger partial charge >= 0.3 is 17.9 Å². The van der Waals surface area contributed by atoms with Crippen LogP contribution < -0.4 is 10.1 Å². The number of ether oxygens (including phenoxy) is 3. The fraction of sp³-hybridized carbons (Fsp3) is 0.440. The highest BCUT2D eigenvalue weighted by atomic mass is 16.7. The summed E-state index contributed by atoms with van der Waals surface area (Å²) in [5.74, 6) is -3.79. The number of aliphatic hydroxyl groups is 3. The molecule has 0 unspecified atom stereocenters. The van der Waals surface area contributed by atoms with E-state index in [2.05, 4.69) is 5.32 Å². The Hall–Kier alpha value is -3.98. The second-order valence-corrected chi connectivity index (χ2v) is 9.26. The number of aromatic hydroxyl groups is 1. The first-order valence-electron chi connectivity index (χ1n) is 12.1. The van der Waals surface area contributed by atoms with Gasteiger partial charge in [0.1, 0.15) is 43.5 Å². The quantitative estimate of drug-likeness (QED) is 0.115. The van der Waals surface area contributed by atoms with E-state index in [0.29, 0.717) is 25.1 Å². The zero-order chi connectivity index (χ0) is 28.3. The third-order valence-electron chi connectivity index (χ3n) is 6.51. The van der Waals surface area contributed by atoms with Crippen LogP contribution >= 0.6 is 0 Å². The number of phenols is 1. The van der Waals surface area contributed by atoms with Crippen LogP contribution in [0.25, 0.3) is 0 Å². The number of hydrogen-bond acceptors (Lipinski definition) is 11. The first-order valence-corrected chi connectivity index (χ1v) is 12.1. The fourth-order valence-corrected chi connectivity index (χ4v) is 4.41. The lowest BCUT2D eigenvalue weighted by Gasteiger charge is -2.39. The summed E-state index contributed by atoms with van der Waals surface area (Å²) in [7, 11) is 0. The summed E-state index contributed by atoms with van der Waals surface area (Å²) in [5.41, 5.74) is 2.30. The third kappa shape index (κ3) is 6.54. The molecule has 0 radical (unpaired) electrons. The Kier molecular flexibility index (Phi) is 8.50. The lowest BCUT2D eigenvalue weighted by Crippen LogP contribution is -2.60. The molecule has 1 saturated heterocycles. The van der Waals surface area contributed by atoms with Gasteiger partial charge in [-0.2, -0.15) is 4.58 Å². The summed E-state index contributed by atoms with van der Waals surface area (Å²) in [6.07, 6.45) is -1.09. The first kappa shape index (κ1) is 28.0. The number of rotatable bonds is 8.